The number of benzene rings is 1. The molecular weight excluding hydrogens is 481 g/mol. The van der Waals surface area contributed by atoms with E-state index in [1.54, 1.807) is 13.3 Å². The van der Waals surface area contributed by atoms with Gasteiger partial charge in [0.25, 0.3) is 0 Å². The highest BCUT2D eigenvalue weighted by Crippen LogP contribution is 2.18. The van der Waals surface area contributed by atoms with E-state index < -0.39 is 0 Å². The molecule has 2 heterocycles. The van der Waals surface area contributed by atoms with Gasteiger partial charge in [0.2, 0.25) is 11.8 Å². The van der Waals surface area contributed by atoms with Crippen molar-refractivity contribution < 1.29 is 9.21 Å². The monoisotopic (exact) mass is 511 g/mol. The zero-order valence-electron chi connectivity index (χ0n) is 17.2. The van der Waals surface area contributed by atoms with Gasteiger partial charge in [-0.25, -0.2) is 4.98 Å². The van der Waals surface area contributed by atoms with Gasteiger partial charge in [0.15, 0.2) is 5.96 Å². The first kappa shape index (κ1) is 23.2. The Morgan fingerprint density at radius 3 is 2.59 bits per heavy atom. The highest BCUT2D eigenvalue weighted by molar-refractivity contribution is 14.0. The van der Waals surface area contributed by atoms with Crippen LogP contribution in [0.3, 0.4) is 0 Å². The second-order valence-electron chi connectivity index (χ2n) is 7.33. The molecule has 0 radical (unpaired) electrons. The minimum atomic E-state index is 0. The Bertz CT molecular complexity index is 798. The zero-order valence-corrected chi connectivity index (χ0v) is 19.6. The second-order valence-corrected chi connectivity index (χ2v) is 7.33. The van der Waals surface area contributed by atoms with Gasteiger partial charge >= 0.3 is 0 Å². The quantitative estimate of drug-likeness (QED) is 0.366. The first-order valence-corrected chi connectivity index (χ1v) is 9.82. The smallest absolute Gasteiger partial charge is 0.226 e. The van der Waals surface area contributed by atoms with Crippen LogP contribution >= 0.6 is 24.0 Å². The van der Waals surface area contributed by atoms with E-state index in [1.165, 1.54) is 0 Å². The van der Waals surface area contributed by atoms with Gasteiger partial charge in [-0.2, -0.15) is 0 Å². The average Bonchev–Trinajstić information content (AvgIpc) is 3.20. The van der Waals surface area contributed by atoms with Crippen molar-refractivity contribution in [2.45, 2.75) is 39.3 Å². The zero-order chi connectivity index (χ0) is 19.9. The number of likely N-dealkylation sites (tertiary alicyclic amines) is 1. The SMILES string of the molecule is CN=C(NCc1coc(-c2ccccc2)n1)NC1CCN(C(=O)C(C)C)CC1.I. The molecule has 0 unspecified atom stereocenters. The van der Waals surface area contributed by atoms with E-state index in [0.29, 0.717) is 18.5 Å². The third-order valence-corrected chi connectivity index (χ3v) is 4.87. The molecule has 2 aromatic rings. The summed E-state index contributed by atoms with van der Waals surface area (Å²) in [7, 11) is 1.75. The van der Waals surface area contributed by atoms with Crippen LogP contribution in [0.1, 0.15) is 32.4 Å². The average molecular weight is 511 g/mol. The molecule has 1 amide bonds. The normalized spacial score (nSPS) is 15.2. The number of guanidine groups is 1. The highest BCUT2D eigenvalue weighted by Gasteiger charge is 2.24. The largest absolute Gasteiger partial charge is 0.444 e. The van der Waals surface area contributed by atoms with Crippen molar-refractivity contribution in [2.24, 2.45) is 10.9 Å². The van der Waals surface area contributed by atoms with Gasteiger partial charge in [-0.05, 0) is 25.0 Å². The molecule has 29 heavy (non-hydrogen) atoms. The lowest BCUT2D eigenvalue weighted by atomic mass is 10.0. The van der Waals surface area contributed by atoms with Gasteiger partial charge in [0.1, 0.15) is 6.26 Å². The Morgan fingerprint density at radius 2 is 1.97 bits per heavy atom. The van der Waals surface area contributed by atoms with Crippen LogP contribution < -0.4 is 10.6 Å². The molecule has 0 spiro atoms. The second kappa shape index (κ2) is 11.2. The summed E-state index contributed by atoms with van der Waals surface area (Å²) in [6, 6.07) is 10.1. The number of carbonyl (C=O) groups is 1. The number of nitrogens with one attached hydrogen (secondary N) is 2. The molecule has 3 rings (SSSR count). The van der Waals surface area contributed by atoms with Crippen LogP contribution in [0.4, 0.5) is 0 Å². The molecule has 1 aromatic heterocycles. The summed E-state index contributed by atoms with van der Waals surface area (Å²) in [5.41, 5.74) is 1.78. The fraction of sp³-hybridized carbons (Fsp3) is 0.476. The van der Waals surface area contributed by atoms with Crippen molar-refractivity contribution in [2.75, 3.05) is 20.1 Å². The molecule has 0 saturated carbocycles. The van der Waals surface area contributed by atoms with Crippen molar-refractivity contribution >= 4 is 35.8 Å². The molecule has 0 bridgehead atoms. The maximum absolute atomic E-state index is 12.1. The molecule has 0 atom stereocenters. The molecule has 1 aliphatic rings. The van der Waals surface area contributed by atoms with Crippen LogP contribution in [0.2, 0.25) is 0 Å². The van der Waals surface area contributed by atoms with Crippen LogP contribution in [-0.2, 0) is 11.3 Å². The van der Waals surface area contributed by atoms with Crippen LogP contribution in [0, 0.1) is 5.92 Å². The number of hydrogen-bond donors (Lipinski definition) is 2. The lowest BCUT2D eigenvalue weighted by Gasteiger charge is -2.34. The van der Waals surface area contributed by atoms with Gasteiger partial charge in [0.05, 0.1) is 12.2 Å². The highest BCUT2D eigenvalue weighted by atomic mass is 127. The summed E-state index contributed by atoms with van der Waals surface area (Å²) in [5, 5.41) is 6.73. The number of nitrogens with zero attached hydrogens (tertiary/aromatic N) is 3. The summed E-state index contributed by atoms with van der Waals surface area (Å²) in [4.78, 5) is 22.9. The van der Waals surface area contributed by atoms with E-state index in [-0.39, 0.29) is 35.8 Å². The number of hydrogen-bond acceptors (Lipinski definition) is 4. The molecule has 1 aromatic carbocycles. The molecule has 1 saturated heterocycles. The Hall–Kier alpha value is -2.10. The van der Waals surface area contributed by atoms with E-state index in [4.69, 9.17) is 4.42 Å². The van der Waals surface area contributed by atoms with E-state index in [0.717, 1.165) is 43.1 Å². The number of rotatable bonds is 5. The molecule has 1 aliphatic heterocycles. The number of aromatic nitrogens is 1. The van der Waals surface area contributed by atoms with Crippen molar-refractivity contribution in [3.05, 3.63) is 42.3 Å². The maximum Gasteiger partial charge on any atom is 0.226 e. The maximum atomic E-state index is 12.1. The van der Waals surface area contributed by atoms with Crippen molar-refractivity contribution in [1.29, 1.82) is 0 Å². The Kier molecular flexibility index (Phi) is 8.94. The predicted octanol–water partition coefficient (Wildman–Crippen LogP) is 3.27. The standard InChI is InChI=1S/C21H29N5O2.HI/c1-15(2)20(27)26-11-9-17(10-12-26)25-21(22-3)23-13-18-14-28-19(24-18)16-7-5-4-6-8-16;/h4-8,14-15,17H,9-13H2,1-3H3,(H2,22,23,25);1H. The van der Waals surface area contributed by atoms with E-state index in [2.05, 4.69) is 20.6 Å². The fourth-order valence-corrected chi connectivity index (χ4v) is 3.27. The Morgan fingerprint density at radius 1 is 1.28 bits per heavy atom. The Balaban J connectivity index is 0.00000300. The van der Waals surface area contributed by atoms with Crippen LogP contribution in [-0.4, -0.2) is 47.9 Å². The van der Waals surface area contributed by atoms with Crippen molar-refractivity contribution in [1.82, 2.24) is 20.5 Å². The number of halogens is 1. The van der Waals surface area contributed by atoms with Gasteiger partial charge in [-0.1, -0.05) is 32.0 Å². The lowest BCUT2D eigenvalue weighted by Crippen LogP contribution is -2.50. The molecular formula is C21H30IN5O2. The van der Waals surface area contributed by atoms with E-state index >= 15 is 0 Å². The molecule has 158 valence electrons. The van der Waals surface area contributed by atoms with Gasteiger partial charge in [0, 0.05) is 37.7 Å². The van der Waals surface area contributed by atoms with E-state index in [9.17, 15) is 4.79 Å². The van der Waals surface area contributed by atoms with Crippen LogP contribution in [0.5, 0.6) is 0 Å². The van der Waals surface area contributed by atoms with Crippen molar-refractivity contribution in [3.8, 4) is 11.5 Å². The number of piperidine rings is 1. The summed E-state index contributed by atoms with van der Waals surface area (Å²) < 4.78 is 5.57. The van der Waals surface area contributed by atoms with Crippen LogP contribution in [0.25, 0.3) is 11.5 Å². The molecule has 1 fully saturated rings. The summed E-state index contributed by atoms with van der Waals surface area (Å²) in [6.45, 7) is 6.00. The van der Waals surface area contributed by atoms with Gasteiger partial charge < -0.3 is 20.0 Å². The summed E-state index contributed by atoms with van der Waals surface area (Å²) in [5.74, 6) is 1.64. The number of amides is 1. The molecule has 0 aliphatic carbocycles. The third kappa shape index (κ3) is 6.45. The summed E-state index contributed by atoms with van der Waals surface area (Å²) >= 11 is 0. The Labute approximate surface area is 189 Å². The van der Waals surface area contributed by atoms with E-state index in [1.807, 2.05) is 49.1 Å². The fourth-order valence-electron chi connectivity index (χ4n) is 3.27. The van der Waals surface area contributed by atoms with Gasteiger partial charge in [-0.3, -0.25) is 9.79 Å². The molecule has 2 N–H and O–H groups in total. The first-order valence-electron chi connectivity index (χ1n) is 9.82. The van der Waals surface area contributed by atoms with Crippen LogP contribution in [0.15, 0.2) is 46.0 Å². The lowest BCUT2D eigenvalue weighted by molar-refractivity contribution is -0.135. The first-order chi connectivity index (χ1) is 13.6. The number of carbonyl (C=O) groups excluding carboxylic acids is 1. The third-order valence-electron chi connectivity index (χ3n) is 4.87. The topological polar surface area (TPSA) is 82.8 Å². The van der Waals surface area contributed by atoms with Gasteiger partial charge in [-0.15, -0.1) is 24.0 Å². The number of aliphatic imine (C=N–C) groups is 1. The minimum Gasteiger partial charge on any atom is -0.444 e. The number of oxazole rings is 1. The molecule has 8 heteroatoms. The summed E-state index contributed by atoms with van der Waals surface area (Å²) in [6.07, 6.45) is 3.50. The predicted molar refractivity (Wildman–Crippen MR) is 125 cm³/mol. The minimum absolute atomic E-state index is 0. The van der Waals surface area contributed by atoms with Crippen molar-refractivity contribution in [3.63, 3.8) is 0 Å². The molecule has 7 nitrogen and oxygen atoms in total.